The second kappa shape index (κ2) is 14.3. The van der Waals surface area contributed by atoms with Gasteiger partial charge in [-0.05, 0) is 63.5 Å². The lowest BCUT2D eigenvalue weighted by molar-refractivity contribution is -0.203. The van der Waals surface area contributed by atoms with E-state index in [2.05, 4.69) is 31.9 Å². The fraction of sp³-hybridized carbons (Fsp3) is 0.706. The number of carbonyl (C=O) groups excluding carboxylic acids is 6. The van der Waals surface area contributed by atoms with Crippen LogP contribution in [0.1, 0.15) is 73.6 Å². The molecule has 12 nitrogen and oxygen atoms in total. The predicted molar refractivity (Wildman–Crippen MR) is 180 cm³/mol. The molecule has 3 fully saturated rings. The maximum Gasteiger partial charge on any atom is 0.306 e. The number of hydrogen-bond donors (Lipinski definition) is 4. The molecule has 3 saturated carbocycles. The van der Waals surface area contributed by atoms with Crippen molar-refractivity contribution >= 4 is 62.8 Å². The lowest BCUT2D eigenvalue weighted by Crippen LogP contribution is -2.69. The number of fused-ring (bicyclic) bond motifs is 5. The molecule has 0 aromatic heterocycles. The van der Waals surface area contributed by atoms with Gasteiger partial charge in [-0.2, -0.15) is 0 Å². The Morgan fingerprint density at radius 3 is 2.42 bits per heavy atom. The molecule has 10 atom stereocenters. The molecule has 4 aliphatic carbocycles. The molecule has 0 saturated heterocycles. The Morgan fingerprint density at radius 2 is 1.77 bits per heavy atom. The number of amides is 3. The van der Waals surface area contributed by atoms with Crippen LogP contribution in [-0.2, 0) is 38.2 Å². The van der Waals surface area contributed by atoms with E-state index in [-0.39, 0.29) is 48.4 Å². The molecule has 266 valence electrons. The minimum atomic E-state index is -1.62. The first-order chi connectivity index (χ1) is 22.4. The third-order valence-corrected chi connectivity index (χ3v) is 12.8. The number of rotatable bonds is 12. The lowest BCUT2D eigenvalue weighted by atomic mass is 9.45. The van der Waals surface area contributed by atoms with Crippen LogP contribution in [0.25, 0.3) is 0 Å². The van der Waals surface area contributed by atoms with E-state index in [0.717, 1.165) is 5.57 Å². The smallest absolute Gasteiger partial charge is 0.306 e. The SMILES string of the molecule is CCC(=O)O[C@]1(C(=O)COCNC(=O)[C@H](C)NC(=O)[C@H](C)NC(=O)CBr)[C@@H](C)CC2[C@@H]3CCC4=CC(=O)C=C[C@]4(C)[C@@]3(Cl)[C@@H](O)C[C@@]21C. The standard InChI is InChI=1S/C34H47BrClN3O9/c1-7-28(44)48-34(26(42)16-47-17-37-29(45)19(3)39-30(46)20(4)38-27(43)15-35)18(2)12-24-23-9-8-21-13-22(40)10-11-31(21,5)33(23,36)25(41)14-32(24,34)6/h10-11,13,18-20,23-25,41H,7-9,12,14-17H2,1-6H3,(H,37,45)(H,38,43)(H,39,46)/t18-,19-,20-,23-,24?,25-,31-,32-,33-,34-/m0/s1. The number of Topliss-reactive ketones (excluding diaryl/α,β-unsaturated/α-hetero) is 1. The van der Waals surface area contributed by atoms with Gasteiger partial charge in [-0.15, -0.1) is 11.6 Å². The fourth-order valence-corrected chi connectivity index (χ4v) is 9.61. The van der Waals surface area contributed by atoms with Gasteiger partial charge < -0.3 is 30.5 Å². The number of aliphatic hydroxyl groups excluding tert-OH is 1. The van der Waals surface area contributed by atoms with Gasteiger partial charge in [-0.1, -0.05) is 55.3 Å². The number of esters is 1. The summed E-state index contributed by atoms with van der Waals surface area (Å²) in [6.45, 7) is 9.48. The van der Waals surface area contributed by atoms with E-state index < -0.39 is 75.6 Å². The highest BCUT2D eigenvalue weighted by atomic mass is 79.9. The Morgan fingerprint density at radius 1 is 1.10 bits per heavy atom. The van der Waals surface area contributed by atoms with Crippen molar-refractivity contribution in [2.75, 3.05) is 18.7 Å². The molecule has 4 rings (SSSR count). The molecule has 3 amide bonds. The lowest BCUT2D eigenvalue weighted by Gasteiger charge is -2.64. The van der Waals surface area contributed by atoms with Gasteiger partial charge in [0.05, 0.1) is 16.3 Å². The molecule has 4 aliphatic rings. The minimum absolute atomic E-state index is 0.0293. The summed E-state index contributed by atoms with van der Waals surface area (Å²) in [4.78, 5) is 74.9. The highest BCUT2D eigenvalue weighted by Gasteiger charge is 2.76. The molecule has 0 bridgehead atoms. The fourth-order valence-electron chi connectivity index (χ4n) is 8.93. The van der Waals surface area contributed by atoms with Crippen molar-refractivity contribution in [2.45, 2.75) is 102 Å². The maximum absolute atomic E-state index is 14.3. The predicted octanol–water partition coefficient (Wildman–Crippen LogP) is 2.63. The summed E-state index contributed by atoms with van der Waals surface area (Å²) in [7, 11) is 0. The number of carbonyl (C=O) groups is 6. The van der Waals surface area contributed by atoms with Gasteiger partial charge in [0.15, 0.2) is 11.4 Å². The first-order valence-electron chi connectivity index (χ1n) is 16.5. The van der Waals surface area contributed by atoms with E-state index in [1.165, 1.54) is 19.9 Å². The highest BCUT2D eigenvalue weighted by Crippen LogP contribution is 2.72. The molecule has 0 aromatic carbocycles. The third-order valence-electron chi connectivity index (χ3n) is 11.4. The zero-order valence-corrected chi connectivity index (χ0v) is 30.7. The summed E-state index contributed by atoms with van der Waals surface area (Å²) in [5.41, 5.74) is -2.51. The molecular weight excluding hydrogens is 710 g/mol. The molecule has 0 heterocycles. The monoisotopic (exact) mass is 755 g/mol. The number of alkyl halides is 2. The second-order valence-electron chi connectivity index (χ2n) is 14.1. The van der Waals surface area contributed by atoms with Crippen LogP contribution >= 0.6 is 27.5 Å². The Labute approximate surface area is 294 Å². The molecule has 0 aliphatic heterocycles. The average Bonchev–Trinajstić information content (AvgIpc) is 3.25. The van der Waals surface area contributed by atoms with Crippen LogP contribution in [0.4, 0.5) is 0 Å². The van der Waals surface area contributed by atoms with Crippen molar-refractivity contribution in [3.05, 3.63) is 23.8 Å². The molecule has 14 heteroatoms. The molecule has 0 spiro atoms. The van der Waals surface area contributed by atoms with E-state index in [1.54, 1.807) is 19.1 Å². The van der Waals surface area contributed by atoms with E-state index in [9.17, 15) is 33.9 Å². The van der Waals surface area contributed by atoms with Gasteiger partial charge in [0.25, 0.3) is 0 Å². The summed E-state index contributed by atoms with van der Waals surface area (Å²) >= 11 is 10.6. The van der Waals surface area contributed by atoms with Crippen LogP contribution in [0, 0.1) is 28.6 Å². The molecule has 4 N–H and O–H groups in total. The molecular formula is C34H47BrClN3O9. The van der Waals surface area contributed by atoms with Gasteiger partial charge >= 0.3 is 5.97 Å². The van der Waals surface area contributed by atoms with E-state index in [1.807, 2.05) is 20.8 Å². The number of halogens is 2. The molecule has 0 aromatic rings. The van der Waals surface area contributed by atoms with Crippen LogP contribution in [0.3, 0.4) is 0 Å². The van der Waals surface area contributed by atoms with Crippen LogP contribution in [0.2, 0.25) is 0 Å². The highest BCUT2D eigenvalue weighted by molar-refractivity contribution is 9.09. The summed E-state index contributed by atoms with van der Waals surface area (Å²) in [5.74, 6) is -3.53. The maximum atomic E-state index is 14.3. The Kier molecular flexibility index (Phi) is 11.4. The van der Waals surface area contributed by atoms with Crippen LogP contribution < -0.4 is 16.0 Å². The summed E-state index contributed by atoms with van der Waals surface area (Å²) in [6.07, 6.45) is 5.68. The Balaban J connectivity index is 1.50. The van der Waals surface area contributed by atoms with Crippen molar-refractivity contribution in [3.8, 4) is 0 Å². The number of aliphatic hydroxyl groups is 1. The molecule has 0 radical (unpaired) electrons. The average molecular weight is 757 g/mol. The van der Waals surface area contributed by atoms with E-state index in [0.29, 0.717) is 19.3 Å². The number of nitrogens with one attached hydrogen (secondary N) is 3. The van der Waals surface area contributed by atoms with Crippen molar-refractivity contribution in [2.24, 2.45) is 28.6 Å². The Bertz CT molecular complexity index is 1420. The Hall–Kier alpha value is -2.61. The zero-order chi connectivity index (χ0) is 35.8. The van der Waals surface area contributed by atoms with Gasteiger partial charge in [-0.3, -0.25) is 28.8 Å². The summed E-state index contributed by atoms with van der Waals surface area (Å²) in [6, 6.07) is -1.82. The van der Waals surface area contributed by atoms with E-state index >= 15 is 0 Å². The summed E-state index contributed by atoms with van der Waals surface area (Å²) < 4.78 is 11.8. The number of allylic oxidation sites excluding steroid dienone is 4. The normalized spacial score (nSPS) is 36.4. The van der Waals surface area contributed by atoms with Crippen molar-refractivity contribution in [1.29, 1.82) is 0 Å². The van der Waals surface area contributed by atoms with E-state index in [4.69, 9.17) is 21.1 Å². The number of hydrogen-bond acceptors (Lipinski definition) is 9. The van der Waals surface area contributed by atoms with Gasteiger partial charge in [0.1, 0.15) is 25.4 Å². The third kappa shape index (κ3) is 6.28. The molecule has 48 heavy (non-hydrogen) atoms. The van der Waals surface area contributed by atoms with Crippen LogP contribution in [0.5, 0.6) is 0 Å². The van der Waals surface area contributed by atoms with Crippen molar-refractivity contribution < 1.29 is 43.3 Å². The van der Waals surface area contributed by atoms with Gasteiger partial charge in [-0.25, -0.2) is 0 Å². The first-order valence-corrected chi connectivity index (χ1v) is 18.0. The second-order valence-corrected chi connectivity index (χ2v) is 15.3. The molecule has 1 unspecified atom stereocenters. The largest absolute Gasteiger partial charge is 0.450 e. The zero-order valence-electron chi connectivity index (χ0n) is 28.3. The first kappa shape index (κ1) is 38.2. The van der Waals surface area contributed by atoms with Crippen LogP contribution in [-0.4, -0.2) is 87.7 Å². The van der Waals surface area contributed by atoms with Gasteiger partial charge in [0, 0.05) is 23.2 Å². The van der Waals surface area contributed by atoms with Gasteiger partial charge in [0.2, 0.25) is 23.5 Å². The quantitative estimate of drug-likeness (QED) is 0.101. The van der Waals surface area contributed by atoms with Crippen molar-refractivity contribution in [1.82, 2.24) is 16.0 Å². The summed E-state index contributed by atoms with van der Waals surface area (Å²) in [5, 5.41) is 19.5. The number of ketones is 2. The van der Waals surface area contributed by atoms with Crippen molar-refractivity contribution in [3.63, 3.8) is 0 Å². The minimum Gasteiger partial charge on any atom is -0.450 e. The van der Waals surface area contributed by atoms with Crippen LogP contribution in [0.15, 0.2) is 23.8 Å². The number of ether oxygens (including phenoxy) is 2. The topological polar surface area (TPSA) is 177 Å².